The third kappa shape index (κ3) is 3.96. The number of nitrogens with zero attached hydrogens (tertiary/aromatic N) is 1. The van der Waals surface area contributed by atoms with E-state index in [-0.39, 0.29) is 11.7 Å². The van der Waals surface area contributed by atoms with Crippen LogP contribution in [0.3, 0.4) is 0 Å². The molecule has 0 saturated carbocycles. The molecule has 0 fully saturated rings. The Labute approximate surface area is 157 Å². The second kappa shape index (κ2) is 7.74. The summed E-state index contributed by atoms with van der Waals surface area (Å²) in [6.07, 6.45) is 0. The van der Waals surface area contributed by atoms with Crippen molar-refractivity contribution in [1.29, 1.82) is 0 Å². The number of carbonyl (C=O) groups is 1. The van der Waals surface area contributed by atoms with Crippen LogP contribution >= 0.6 is 11.9 Å². The molecule has 3 rings (SSSR count). The van der Waals surface area contributed by atoms with Gasteiger partial charge in [-0.25, -0.2) is 0 Å². The molecule has 1 aromatic heterocycles. The smallest absolute Gasteiger partial charge is 0.297 e. The van der Waals surface area contributed by atoms with E-state index in [1.54, 1.807) is 6.07 Å². The summed E-state index contributed by atoms with van der Waals surface area (Å²) < 4.78 is 14.2. The summed E-state index contributed by atoms with van der Waals surface area (Å²) in [5.74, 6) is 0.763. The molecule has 3 aromatic rings. The highest BCUT2D eigenvalue weighted by molar-refractivity contribution is 7.98. The van der Waals surface area contributed by atoms with E-state index < -0.39 is 0 Å². The van der Waals surface area contributed by atoms with Crippen LogP contribution in [-0.2, 0) is 0 Å². The maximum Gasteiger partial charge on any atom is 0.297 e. The molecular weight excluding hydrogens is 348 g/mol. The van der Waals surface area contributed by atoms with Crippen LogP contribution in [0.1, 0.15) is 23.0 Å². The molecule has 0 bridgehead atoms. The predicted molar refractivity (Wildman–Crippen MR) is 106 cm³/mol. The number of amides is 1. The molecule has 136 valence electrons. The van der Waals surface area contributed by atoms with Gasteiger partial charge in [-0.3, -0.25) is 9.52 Å². The van der Waals surface area contributed by atoms with Gasteiger partial charge >= 0.3 is 0 Å². The van der Waals surface area contributed by atoms with E-state index in [1.807, 2.05) is 69.2 Å². The lowest BCUT2D eigenvalue weighted by atomic mass is 10.2. The molecule has 26 heavy (non-hydrogen) atoms. The first-order chi connectivity index (χ1) is 12.5. The molecule has 1 amide bonds. The van der Waals surface area contributed by atoms with E-state index in [0.29, 0.717) is 12.2 Å². The zero-order valence-electron chi connectivity index (χ0n) is 15.3. The number of aryl methyl sites for hydroxylation is 1. The molecule has 0 unspecified atom stereocenters. The molecule has 1 heterocycles. The van der Waals surface area contributed by atoms with Crippen LogP contribution in [0.2, 0.25) is 0 Å². The monoisotopic (exact) mass is 370 g/mol. The van der Waals surface area contributed by atoms with Crippen LogP contribution in [0, 0.1) is 6.92 Å². The quantitative estimate of drug-likeness (QED) is 0.641. The average Bonchev–Trinajstić information content (AvgIpc) is 3.05. The first-order valence-electron chi connectivity index (χ1n) is 8.39. The van der Waals surface area contributed by atoms with Crippen molar-refractivity contribution in [2.24, 2.45) is 0 Å². The highest BCUT2D eigenvalue weighted by Crippen LogP contribution is 2.29. The first kappa shape index (κ1) is 18.2. The fourth-order valence-electron chi connectivity index (χ4n) is 2.53. The van der Waals surface area contributed by atoms with Crippen molar-refractivity contribution in [1.82, 2.24) is 4.72 Å². The second-order valence-electron chi connectivity index (χ2n) is 6.14. The summed E-state index contributed by atoms with van der Waals surface area (Å²) in [5, 5.41) is 0.899. The van der Waals surface area contributed by atoms with Gasteiger partial charge in [0, 0.05) is 31.2 Å². The molecule has 0 spiro atoms. The summed E-state index contributed by atoms with van der Waals surface area (Å²) >= 11 is 1.23. The standard InChI is InChI=1S/C20H22N2O3S/c1-5-24-16-9-6-13(2)10-19(16)26-21-20(23)18-11-14-7-8-15(22(3)4)12-17(14)25-18/h6-12H,5H2,1-4H3,(H,21,23). The van der Waals surface area contributed by atoms with E-state index >= 15 is 0 Å². The number of rotatable bonds is 6. The van der Waals surface area contributed by atoms with Crippen LogP contribution in [0.5, 0.6) is 5.75 Å². The Morgan fingerprint density at radius 2 is 2.00 bits per heavy atom. The molecular formula is C20H22N2O3S. The van der Waals surface area contributed by atoms with E-state index in [2.05, 4.69) is 4.72 Å². The fraction of sp³-hybridized carbons (Fsp3) is 0.250. The minimum Gasteiger partial charge on any atom is -0.493 e. The highest BCUT2D eigenvalue weighted by atomic mass is 32.2. The third-order valence-electron chi connectivity index (χ3n) is 3.90. The van der Waals surface area contributed by atoms with Gasteiger partial charge in [-0.05, 0) is 61.7 Å². The zero-order valence-corrected chi connectivity index (χ0v) is 16.1. The summed E-state index contributed by atoms with van der Waals surface area (Å²) in [4.78, 5) is 15.3. The van der Waals surface area contributed by atoms with Gasteiger partial charge in [0.05, 0.1) is 11.5 Å². The summed E-state index contributed by atoms with van der Waals surface area (Å²) in [6.45, 7) is 4.51. The second-order valence-corrected chi connectivity index (χ2v) is 6.99. The number of fused-ring (bicyclic) bond motifs is 1. The van der Waals surface area contributed by atoms with Crippen molar-refractivity contribution in [3.8, 4) is 5.75 Å². The molecule has 0 saturated heterocycles. The van der Waals surface area contributed by atoms with Crippen molar-refractivity contribution in [2.45, 2.75) is 18.7 Å². The van der Waals surface area contributed by atoms with E-state index in [4.69, 9.17) is 9.15 Å². The Hall–Kier alpha value is -2.60. The van der Waals surface area contributed by atoms with Crippen molar-refractivity contribution < 1.29 is 13.9 Å². The van der Waals surface area contributed by atoms with Gasteiger partial charge in [-0.2, -0.15) is 0 Å². The van der Waals surface area contributed by atoms with Crippen molar-refractivity contribution in [2.75, 3.05) is 25.6 Å². The normalized spacial score (nSPS) is 10.8. The van der Waals surface area contributed by atoms with Crippen LogP contribution < -0.4 is 14.4 Å². The van der Waals surface area contributed by atoms with Crippen LogP contribution in [-0.4, -0.2) is 26.6 Å². The Bertz CT molecular complexity index is 934. The van der Waals surface area contributed by atoms with Gasteiger partial charge in [0.2, 0.25) is 0 Å². The Morgan fingerprint density at radius 3 is 2.73 bits per heavy atom. The molecule has 0 atom stereocenters. The number of anilines is 1. The summed E-state index contributed by atoms with van der Waals surface area (Å²) in [5.41, 5.74) is 2.82. The van der Waals surface area contributed by atoms with Crippen LogP contribution in [0.4, 0.5) is 5.69 Å². The van der Waals surface area contributed by atoms with Gasteiger partial charge < -0.3 is 14.1 Å². The number of ether oxygens (including phenoxy) is 1. The van der Waals surface area contributed by atoms with E-state index in [9.17, 15) is 4.79 Å². The SMILES string of the molecule is CCOc1ccc(C)cc1SNC(=O)c1cc2ccc(N(C)C)cc2o1. The first-order valence-corrected chi connectivity index (χ1v) is 9.21. The number of benzene rings is 2. The number of carbonyl (C=O) groups excluding carboxylic acids is 1. The lowest BCUT2D eigenvalue weighted by Crippen LogP contribution is -2.15. The van der Waals surface area contributed by atoms with Gasteiger partial charge in [0.25, 0.3) is 5.91 Å². The molecule has 5 nitrogen and oxygen atoms in total. The number of nitrogens with one attached hydrogen (secondary N) is 1. The molecule has 6 heteroatoms. The Balaban J connectivity index is 1.76. The van der Waals surface area contributed by atoms with Crippen molar-refractivity contribution >= 4 is 34.5 Å². The molecule has 0 radical (unpaired) electrons. The van der Waals surface area contributed by atoms with E-state index in [1.165, 1.54) is 11.9 Å². The minimum atomic E-state index is -0.276. The van der Waals surface area contributed by atoms with Crippen LogP contribution in [0.25, 0.3) is 11.0 Å². The molecule has 0 aliphatic heterocycles. The van der Waals surface area contributed by atoms with Gasteiger partial charge in [0.1, 0.15) is 11.3 Å². The molecule has 2 aromatic carbocycles. The fourth-order valence-corrected chi connectivity index (χ4v) is 3.31. The number of hydrogen-bond acceptors (Lipinski definition) is 5. The average molecular weight is 370 g/mol. The molecule has 0 aliphatic carbocycles. The van der Waals surface area contributed by atoms with E-state index in [0.717, 1.165) is 27.3 Å². The Morgan fingerprint density at radius 1 is 1.19 bits per heavy atom. The van der Waals surface area contributed by atoms with Crippen molar-refractivity contribution in [3.63, 3.8) is 0 Å². The summed E-state index contributed by atoms with van der Waals surface area (Å²) in [7, 11) is 3.93. The van der Waals surface area contributed by atoms with Gasteiger partial charge in [0.15, 0.2) is 5.76 Å². The largest absolute Gasteiger partial charge is 0.493 e. The van der Waals surface area contributed by atoms with Crippen LogP contribution in [0.15, 0.2) is 51.8 Å². The van der Waals surface area contributed by atoms with Crippen molar-refractivity contribution in [3.05, 3.63) is 53.8 Å². The Kier molecular flexibility index (Phi) is 5.42. The lowest BCUT2D eigenvalue weighted by molar-refractivity contribution is 0.0959. The molecule has 1 N–H and O–H groups in total. The number of furan rings is 1. The highest BCUT2D eigenvalue weighted by Gasteiger charge is 2.14. The predicted octanol–water partition coefficient (Wildman–Crippen LogP) is 4.64. The maximum absolute atomic E-state index is 12.5. The molecule has 0 aliphatic rings. The maximum atomic E-state index is 12.5. The van der Waals surface area contributed by atoms with Gasteiger partial charge in [-0.1, -0.05) is 6.07 Å². The minimum absolute atomic E-state index is 0.276. The topological polar surface area (TPSA) is 54.7 Å². The zero-order chi connectivity index (χ0) is 18.7. The lowest BCUT2D eigenvalue weighted by Gasteiger charge is -2.11. The number of hydrogen-bond donors (Lipinski definition) is 1. The van der Waals surface area contributed by atoms with Gasteiger partial charge in [-0.15, -0.1) is 0 Å². The third-order valence-corrected chi connectivity index (χ3v) is 4.72. The summed E-state index contributed by atoms with van der Waals surface area (Å²) in [6, 6.07) is 13.5.